The molecule has 0 radical (unpaired) electrons. The maximum atomic E-state index is 14.6. The van der Waals surface area contributed by atoms with Crippen LogP contribution in [0, 0.1) is 17.2 Å². The van der Waals surface area contributed by atoms with E-state index in [1.165, 1.54) is 31.3 Å². The summed E-state index contributed by atoms with van der Waals surface area (Å²) in [6.45, 7) is 1.37. The number of halogens is 4. The van der Waals surface area contributed by atoms with Crippen molar-refractivity contribution in [2.45, 2.75) is 37.6 Å². The molecule has 0 spiro atoms. The van der Waals surface area contributed by atoms with E-state index in [9.17, 15) is 22.4 Å². The van der Waals surface area contributed by atoms with Crippen molar-refractivity contribution in [2.24, 2.45) is 16.6 Å². The summed E-state index contributed by atoms with van der Waals surface area (Å²) in [5.41, 5.74) is 4.49. The number of ether oxygens (including phenoxy) is 1. The van der Waals surface area contributed by atoms with E-state index >= 15 is 0 Å². The zero-order valence-electron chi connectivity index (χ0n) is 15.7. The Hall–Kier alpha value is -3.42. The van der Waals surface area contributed by atoms with Gasteiger partial charge in [0.25, 0.3) is 11.9 Å². The summed E-state index contributed by atoms with van der Waals surface area (Å²) in [5.74, 6) is -2.36. The zero-order chi connectivity index (χ0) is 22.1. The highest BCUT2D eigenvalue weighted by Gasteiger charge is 2.52. The van der Waals surface area contributed by atoms with Crippen molar-refractivity contribution in [3.63, 3.8) is 0 Å². The molecule has 7 nitrogen and oxygen atoms in total. The molecule has 3 atom stereocenters. The normalized spacial score (nSPS) is 26.5. The lowest BCUT2D eigenvalue weighted by atomic mass is 9.76. The quantitative estimate of drug-likeness (QED) is 0.726. The van der Waals surface area contributed by atoms with Crippen LogP contribution in [0.3, 0.4) is 0 Å². The fraction of sp³-hybridized carbons (Fsp3) is 0.368. The van der Waals surface area contributed by atoms with Gasteiger partial charge in [-0.15, -0.1) is 0 Å². The fourth-order valence-electron chi connectivity index (χ4n) is 3.38. The minimum Gasteiger partial charge on any atom is -0.452 e. The minimum atomic E-state index is -4.69. The van der Waals surface area contributed by atoms with E-state index < -0.39 is 47.9 Å². The Morgan fingerprint density at radius 2 is 2.13 bits per heavy atom. The zero-order valence-corrected chi connectivity index (χ0v) is 15.7. The molecule has 1 aromatic heterocycles. The molecule has 0 fully saturated rings. The van der Waals surface area contributed by atoms with Crippen LogP contribution in [-0.4, -0.2) is 34.7 Å². The molecule has 3 rings (SSSR count). The Labute approximate surface area is 168 Å². The Kier molecular flexibility index (Phi) is 5.52. The molecule has 30 heavy (non-hydrogen) atoms. The van der Waals surface area contributed by atoms with Crippen molar-refractivity contribution in [1.29, 1.82) is 5.26 Å². The van der Waals surface area contributed by atoms with Gasteiger partial charge in [0.15, 0.2) is 6.10 Å². The van der Waals surface area contributed by atoms with Crippen LogP contribution < -0.4 is 11.1 Å². The third kappa shape index (κ3) is 4.42. The largest absolute Gasteiger partial charge is 0.452 e. The number of nitriles is 1. The molecular weight excluding hydrogens is 406 g/mol. The van der Waals surface area contributed by atoms with Crippen LogP contribution in [0.2, 0.25) is 0 Å². The maximum Gasteiger partial charge on any atom is 0.425 e. The average Bonchev–Trinajstić information content (AvgIpc) is 2.68. The summed E-state index contributed by atoms with van der Waals surface area (Å²) in [6.07, 6.45) is -4.01. The number of alkyl halides is 3. The molecule has 1 aliphatic carbocycles. The summed E-state index contributed by atoms with van der Waals surface area (Å²) >= 11 is 0. The first-order valence-electron chi connectivity index (χ1n) is 8.84. The number of nitrogens with two attached hydrogens (primary N) is 1. The highest BCUT2D eigenvalue weighted by atomic mass is 19.4. The second-order valence-electron chi connectivity index (χ2n) is 7.16. The molecule has 0 saturated carbocycles. The minimum absolute atomic E-state index is 0.0261. The van der Waals surface area contributed by atoms with Gasteiger partial charge in [0.2, 0.25) is 0 Å². The molecule has 0 aromatic carbocycles. The molecular formula is C19H17F4N5O2. The molecule has 2 aliphatic rings. The van der Waals surface area contributed by atoms with Gasteiger partial charge >= 0.3 is 6.18 Å². The van der Waals surface area contributed by atoms with E-state index in [-0.39, 0.29) is 23.4 Å². The molecule has 0 bridgehead atoms. The average molecular weight is 423 g/mol. The van der Waals surface area contributed by atoms with Gasteiger partial charge in [-0.2, -0.15) is 18.4 Å². The van der Waals surface area contributed by atoms with Crippen molar-refractivity contribution in [3.05, 3.63) is 53.3 Å². The molecule has 3 N–H and O–H groups in total. The molecule has 1 amide bonds. The van der Waals surface area contributed by atoms with E-state index in [1.54, 1.807) is 0 Å². The molecule has 3 unspecified atom stereocenters. The SMILES string of the molecule is CC1(C2CC(NC(=O)c3ccc(C#N)cn3)=CC=C2F)CC(C(F)(F)F)OC(N)=N1. The second-order valence-corrected chi connectivity index (χ2v) is 7.16. The number of amides is 1. The number of carbonyl (C=O) groups is 1. The van der Waals surface area contributed by atoms with Gasteiger partial charge in [0.05, 0.1) is 11.1 Å². The lowest BCUT2D eigenvalue weighted by Crippen LogP contribution is -2.50. The second kappa shape index (κ2) is 7.78. The monoisotopic (exact) mass is 423 g/mol. The van der Waals surface area contributed by atoms with Crippen molar-refractivity contribution < 1.29 is 27.1 Å². The molecule has 1 aromatic rings. The highest BCUT2D eigenvalue weighted by Crippen LogP contribution is 2.44. The van der Waals surface area contributed by atoms with Gasteiger partial charge in [-0.05, 0) is 37.6 Å². The van der Waals surface area contributed by atoms with Crippen LogP contribution in [0.4, 0.5) is 17.6 Å². The highest BCUT2D eigenvalue weighted by molar-refractivity contribution is 5.93. The topological polar surface area (TPSA) is 113 Å². The van der Waals surface area contributed by atoms with Gasteiger partial charge in [0.1, 0.15) is 17.6 Å². The number of nitrogens with one attached hydrogen (secondary N) is 1. The smallest absolute Gasteiger partial charge is 0.425 e. The molecule has 11 heteroatoms. The van der Waals surface area contributed by atoms with Crippen molar-refractivity contribution in [1.82, 2.24) is 10.3 Å². The van der Waals surface area contributed by atoms with Gasteiger partial charge in [-0.1, -0.05) is 0 Å². The summed E-state index contributed by atoms with van der Waals surface area (Å²) in [4.78, 5) is 20.2. The number of aromatic nitrogens is 1. The van der Waals surface area contributed by atoms with Crippen LogP contribution in [0.1, 0.15) is 35.8 Å². The van der Waals surface area contributed by atoms with Crippen LogP contribution in [0.5, 0.6) is 0 Å². The Bertz CT molecular complexity index is 978. The van der Waals surface area contributed by atoms with Gasteiger partial charge < -0.3 is 15.8 Å². The van der Waals surface area contributed by atoms with Gasteiger partial charge in [0, 0.05) is 24.2 Å². The van der Waals surface area contributed by atoms with E-state index in [0.29, 0.717) is 0 Å². The summed E-state index contributed by atoms with van der Waals surface area (Å²) in [6, 6.07) is 3.97. The molecule has 1 aliphatic heterocycles. The lowest BCUT2D eigenvalue weighted by molar-refractivity contribution is -0.209. The van der Waals surface area contributed by atoms with E-state index in [0.717, 1.165) is 6.08 Å². The molecule has 0 saturated heterocycles. The number of amidine groups is 1. The number of carbonyl (C=O) groups excluding carboxylic acids is 1. The summed E-state index contributed by atoms with van der Waals surface area (Å²) in [7, 11) is 0. The van der Waals surface area contributed by atoms with Crippen LogP contribution in [-0.2, 0) is 4.74 Å². The van der Waals surface area contributed by atoms with Crippen molar-refractivity contribution in [2.75, 3.05) is 0 Å². The number of hydrogen-bond donors (Lipinski definition) is 2. The van der Waals surface area contributed by atoms with Gasteiger partial charge in [-0.3, -0.25) is 4.79 Å². The first-order valence-corrected chi connectivity index (χ1v) is 8.84. The Balaban J connectivity index is 1.78. The Morgan fingerprint density at radius 1 is 1.40 bits per heavy atom. The van der Waals surface area contributed by atoms with Crippen molar-refractivity contribution in [3.8, 4) is 6.07 Å². The van der Waals surface area contributed by atoms with E-state index in [4.69, 9.17) is 11.0 Å². The van der Waals surface area contributed by atoms with Crippen LogP contribution in [0.25, 0.3) is 0 Å². The summed E-state index contributed by atoms with van der Waals surface area (Å²) in [5, 5.41) is 11.3. The fourth-order valence-corrected chi connectivity index (χ4v) is 3.38. The maximum absolute atomic E-state index is 14.6. The Morgan fingerprint density at radius 3 is 2.73 bits per heavy atom. The van der Waals surface area contributed by atoms with Crippen molar-refractivity contribution >= 4 is 11.9 Å². The molecule has 158 valence electrons. The van der Waals surface area contributed by atoms with E-state index in [2.05, 4.69) is 20.0 Å². The standard InChI is InChI=1S/C19H17F4N5O2/c1-18(7-15(19(21,22)23)30-17(25)28-18)12-6-11(3-4-13(12)20)27-16(29)14-5-2-10(8-24)9-26-14/h2-5,9,12,15H,6-7H2,1H3,(H2,25,28)(H,27,29). The third-order valence-corrected chi connectivity index (χ3v) is 4.94. The number of pyridine rings is 1. The van der Waals surface area contributed by atoms with Crippen LogP contribution in [0.15, 0.2) is 47.0 Å². The van der Waals surface area contributed by atoms with Gasteiger partial charge in [-0.25, -0.2) is 14.4 Å². The van der Waals surface area contributed by atoms with Crippen LogP contribution >= 0.6 is 0 Å². The first kappa shape index (κ1) is 21.3. The summed E-state index contributed by atoms with van der Waals surface area (Å²) < 4.78 is 58.7. The number of aliphatic imine (C=N–C) groups is 1. The predicted octanol–water partition coefficient (Wildman–Crippen LogP) is 2.86. The number of rotatable bonds is 3. The molecule has 2 heterocycles. The number of allylic oxidation sites excluding steroid dienone is 3. The number of hydrogen-bond acceptors (Lipinski definition) is 6. The first-order chi connectivity index (χ1) is 14.0. The predicted molar refractivity (Wildman–Crippen MR) is 97.4 cm³/mol. The lowest BCUT2D eigenvalue weighted by Gasteiger charge is -2.41. The van der Waals surface area contributed by atoms with E-state index in [1.807, 2.05) is 6.07 Å². The third-order valence-electron chi connectivity index (χ3n) is 4.94. The number of nitrogens with zero attached hydrogens (tertiary/aromatic N) is 3.